The number of benzene rings is 1. The molecule has 6 nitrogen and oxygen atoms in total. The number of anilines is 2. The second-order valence-corrected chi connectivity index (χ2v) is 4.98. The van der Waals surface area contributed by atoms with Gasteiger partial charge in [-0.05, 0) is 12.1 Å². The van der Waals surface area contributed by atoms with Crippen molar-refractivity contribution in [3.05, 3.63) is 54.5 Å². The molecule has 0 spiro atoms. The summed E-state index contributed by atoms with van der Waals surface area (Å²) in [6.45, 7) is 0. The summed E-state index contributed by atoms with van der Waals surface area (Å²) in [5.41, 5.74) is 1.33. The fourth-order valence-electron chi connectivity index (χ4n) is 2.13. The van der Waals surface area contributed by atoms with Gasteiger partial charge in [0, 0.05) is 31.9 Å². The summed E-state index contributed by atoms with van der Waals surface area (Å²) in [6.07, 6.45) is 4.60. The first-order valence-corrected chi connectivity index (χ1v) is 6.79. The molecule has 0 aliphatic rings. The molecule has 110 valence electrons. The van der Waals surface area contributed by atoms with E-state index in [2.05, 4.69) is 20.3 Å². The quantitative estimate of drug-likeness (QED) is 0.802. The summed E-state index contributed by atoms with van der Waals surface area (Å²) in [6, 6.07) is 9.33. The standard InChI is InChI=1S/C16H15N5O/c1-21(2)15-9-12(11-5-3-4-6-13(11)19-15)16(22)20-14-10-17-7-8-18-14/h3-10H,1-2H3,(H,18,20,22). The number of aromatic nitrogens is 3. The monoisotopic (exact) mass is 293 g/mol. The van der Waals surface area contributed by atoms with E-state index in [1.807, 2.05) is 43.3 Å². The molecule has 0 fully saturated rings. The van der Waals surface area contributed by atoms with Crippen LogP contribution in [-0.4, -0.2) is 35.0 Å². The van der Waals surface area contributed by atoms with Gasteiger partial charge >= 0.3 is 0 Å². The number of pyridine rings is 1. The molecule has 0 atom stereocenters. The van der Waals surface area contributed by atoms with Gasteiger partial charge in [0.05, 0.1) is 17.3 Å². The number of nitrogens with one attached hydrogen (secondary N) is 1. The first-order valence-electron chi connectivity index (χ1n) is 6.79. The van der Waals surface area contributed by atoms with Crippen LogP contribution in [0.25, 0.3) is 10.9 Å². The summed E-state index contributed by atoms with van der Waals surface area (Å²) in [4.78, 5) is 27.0. The molecule has 0 unspecified atom stereocenters. The van der Waals surface area contributed by atoms with E-state index >= 15 is 0 Å². The Hall–Kier alpha value is -3.02. The molecular formula is C16H15N5O. The van der Waals surface area contributed by atoms with Gasteiger partial charge in [-0.25, -0.2) is 9.97 Å². The van der Waals surface area contributed by atoms with E-state index in [0.717, 1.165) is 16.7 Å². The number of nitrogens with zero attached hydrogens (tertiary/aromatic N) is 4. The third-order valence-electron chi connectivity index (χ3n) is 3.21. The Balaban J connectivity index is 2.06. The predicted octanol–water partition coefficient (Wildman–Crippen LogP) is 2.34. The number of carbonyl (C=O) groups is 1. The van der Waals surface area contributed by atoms with Crippen LogP contribution in [0.2, 0.25) is 0 Å². The molecule has 1 amide bonds. The van der Waals surface area contributed by atoms with Gasteiger partial charge in [0.2, 0.25) is 0 Å². The fraction of sp³-hybridized carbons (Fsp3) is 0.125. The summed E-state index contributed by atoms with van der Waals surface area (Å²) in [7, 11) is 3.78. The minimum atomic E-state index is -0.234. The molecule has 22 heavy (non-hydrogen) atoms. The number of hydrogen-bond donors (Lipinski definition) is 1. The van der Waals surface area contributed by atoms with Crippen molar-refractivity contribution < 1.29 is 4.79 Å². The van der Waals surface area contributed by atoms with Gasteiger partial charge in [-0.3, -0.25) is 9.78 Å². The molecule has 1 aromatic carbocycles. The van der Waals surface area contributed by atoms with Crippen LogP contribution in [0.5, 0.6) is 0 Å². The zero-order valence-electron chi connectivity index (χ0n) is 12.3. The van der Waals surface area contributed by atoms with Crippen LogP contribution >= 0.6 is 0 Å². The van der Waals surface area contributed by atoms with Crippen LogP contribution in [0.3, 0.4) is 0 Å². The number of hydrogen-bond acceptors (Lipinski definition) is 5. The second-order valence-electron chi connectivity index (χ2n) is 4.98. The minimum absolute atomic E-state index is 0.234. The summed E-state index contributed by atoms with van der Waals surface area (Å²) in [5, 5.41) is 3.56. The molecule has 1 N–H and O–H groups in total. The van der Waals surface area contributed by atoms with Crippen molar-refractivity contribution in [2.24, 2.45) is 0 Å². The average molecular weight is 293 g/mol. The maximum Gasteiger partial charge on any atom is 0.257 e. The highest BCUT2D eigenvalue weighted by Crippen LogP contribution is 2.22. The topological polar surface area (TPSA) is 71.0 Å². The third-order valence-corrected chi connectivity index (χ3v) is 3.21. The van der Waals surface area contributed by atoms with Crippen molar-refractivity contribution in [1.82, 2.24) is 15.0 Å². The van der Waals surface area contributed by atoms with Gasteiger partial charge in [0.25, 0.3) is 5.91 Å². The molecule has 0 aliphatic heterocycles. The molecule has 0 aliphatic carbocycles. The number of para-hydroxylation sites is 1. The normalized spacial score (nSPS) is 10.5. The third kappa shape index (κ3) is 2.71. The molecule has 0 saturated carbocycles. The summed E-state index contributed by atoms with van der Waals surface area (Å²) < 4.78 is 0. The van der Waals surface area contributed by atoms with Crippen molar-refractivity contribution in [2.75, 3.05) is 24.3 Å². The van der Waals surface area contributed by atoms with Crippen LogP contribution in [0.1, 0.15) is 10.4 Å². The number of carbonyl (C=O) groups excluding carboxylic acids is 1. The van der Waals surface area contributed by atoms with Crippen molar-refractivity contribution in [1.29, 1.82) is 0 Å². The van der Waals surface area contributed by atoms with Crippen molar-refractivity contribution in [2.45, 2.75) is 0 Å². The Labute approximate surface area is 127 Å². The molecular weight excluding hydrogens is 278 g/mol. The highest BCUT2D eigenvalue weighted by Gasteiger charge is 2.14. The van der Waals surface area contributed by atoms with Gasteiger partial charge in [0.1, 0.15) is 5.82 Å². The molecule has 2 heterocycles. The van der Waals surface area contributed by atoms with Crippen LogP contribution in [0.15, 0.2) is 48.9 Å². The lowest BCUT2D eigenvalue weighted by Crippen LogP contribution is -2.16. The van der Waals surface area contributed by atoms with Crippen LogP contribution in [-0.2, 0) is 0 Å². The summed E-state index contributed by atoms with van der Waals surface area (Å²) >= 11 is 0. The molecule has 0 bridgehead atoms. The number of fused-ring (bicyclic) bond motifs is 1. The second kappa shape index (κ2) is 5.77. The highest BCUT2D eigenvalue weighted by atomic mass is 16.1. The Morgan fingerprint density at radius 3 is 2.73 bits per heavy atom. The molecule has 2 aromatic heterocycles. The number of amides is 1. The van der Waals surface area contributed by atoms with E-state index in [0.29, 0.717) is 11.4 Å². The lowest BCUT2D eigenvalue weighted by Gasteiger charge is -2.14. The lowest BCUT2D eigenvalue weighted by molar-refractivity contribution is 0.102. The van der Waals surface area contributed by atoms with Gasteiger partial charge < -0.3 is 10.2 Å². The zero-order valence-corrected chi connectivity index (χ0v) is 12.3. The van der Waals surface area contributed by atoms with E-state index in [4.69, 9.17) is 0 Å². The predicted molar refractivity (Wildman–Crippen MR) is 86.1 cm³/mol. The van der Waals surface area contributed by atoms with Gasteiger partial charge in [-0.1, -0.05) is 18.2 Å². The van der Waals surface area contributed by atoms with E-state index in [9.17, 15) is 4.79 Å². The van der Waals surface area contributed by atoms with Gasteiger partial charge in [-0.2, -0.15) is 0 Å². The van der Waals surface area contributed by atoms with Crippen LogP contribution < -0.4 is 10.2 Å². The Morgan fingerprint density at radius 1 is 1.18 bits per heavy atom. The molecule has 6 heteroatoms. The SMILES string of the molecule is CN(C)c1cc(C(=O)Nc2cnccn2)c2ccccc2n1. The molecule has 3 rings (SSSR count). The minimum Gasteiger partial charge on any atom is -0.363 e. The largest absolute Gasteiger partial charge is 0.363 e. The Morgan fingerprint density at radius 2 is 2.00 bits per heavy atom. The van der Waals surface area contributed by atoms with E-state index in [-0.39, 0.29) is 5.91 Å². The van der Waals surface area contributed by atoms with Crippen molar-refractivity contribution >= 4 is 28.4 Å². The summed E-state index contributed by atoms with van der Waals surface area (Å²) in [5.74, 6) is 0.907. The molecule has 3 aromatic rings. The lowest BCUT2D eigenvalue weighted by atomic mass is 10.1. The number of rotatable bonds is 3. The van der Waals surface area contributed by atoms with E-state index in [1.54, 1.807) is 12.3 Å². The first kappa shape index (κ1) is 13.9. The first-order chi connectivity index (χ1) is 10.6. The fourth-order valence-corrected chi connectivity index (χ4v) is 2.13. The smallest absolute Gasteiger partial charge is 0.257 e. The van der Waals surface area contributed by atoms with Crippen molar-refractivity contribution in [3.8, 4) is 0 Å². The van der Waals surface area contributed by atoms with Gasteiger partial charge in [0.15, 0.2) is 5.82 Å². The Bertz CT molecular complexity index is 817. The van der Waals surface area contributed by atoms with Gasteiger partial charge in [-0.15, -0.1) is 0 Å². The van der Waals surface area contributed by atoms with Crippen molar-refractivity contribution in [3.63, 3.8) is 0 Å². The average Bonchev–Trinajstić information content (AvgIpc) is 2.54. The zero-order chi connectivity index (χ0) is 15.5. The van der Waals surface area contributed by atoms with Crippen LogP contribution in [0.4, 0.5) is 11.6 Å². The Kier molecular flexibility index (Phi) is 3.65. The molecule has 0 saturated heterocycles. The maximum absolute atomic E-state index is 12.6. The maximum atomic E-state index is 12.6. The van der Waals surface area contributed by atoms with E-state index in [1.165, 1.54) is 12.4 Å². The molecule has 0 radical (unpaired) electrons. The van der Waals surface area contributed by atoms with E-state index < -0.39 is 0 Å². The van der Waals surface area contributed by atoms with Crippen LogP contribution in [0, 0.1) is 0 Å². The highest BCUT2D eigenvalue weighted by molar-refractivity contribution is 6.12.